The van der Waals surface area contributed by atoms with E-state index in [1.165, 1.54) is 44.2 Å². The van der Waals surface area contributed by atoms with Crippen LogP contribution in [0.4, 0.5) is 13.2 Å². The van der Waals surface area contributed by atoms with Gasteiger partial charge in [-0.25, -0.2) is 9.78 Å². The molecule has 9 heteroatoms. The van der Waals surface area contributed by atoms with Crippen molar-refractivity contribution in [1.82, 2.24) is 19.5 Å². The number of imidazole rings is 1. The van der Waals surface area contributed by atoms with E-state index in [0.717, 1.165) is 37.1 Å². The number of hydrogen-bond acceptors (Lipinski definition) is 5. The fourth-order valence-corrected chi connectivity index (χ4v) is 4.78. The molecule has 1 aromatic heterocycles. The monoisotopic (exact) mass is 428 g/mol. The maximum absolute atomic E-state index is 12.4. The standard InChI is InChI=1S/C21H31F3N4O2/c22-21(23,24)20(29)30-28-11-7-17(8-12-28)19-25-18(16-5-2-1-3-6-16)15-27(19)14-13-26-9-4-10-26/h15-17H,1-14H2. The molecule has 2 aliphatic heterocycles. The van der Waals surface area contributed by atoms with Crippen LogP contribution in [0.5, 0.6) is 0 Å². The van der Waals surface area contributed by atoms with Gasteiger partial charge in [0.25, 0.3) is 0 Å². The summed E-state index contributed by atoms with van der Waals surface area (Å²) in [7, 11) is 0. The number of hydroxylamine groups is 2. The van der Waals surface area contributed by atoms with Crippen LogP contribution >= 0.6 is 0 Å². The van der Waals surface area contributed by atoms with Crippen LogP contribution in [0.25, 0.3) is 0 Å². The lowest BCUT2D eigenvalue weighted by Gasteiger charge is -2.32. The summed E-state index contributed by atoms with van der Waals surface area (Å²) in [4.78, 5) is 23.1. The molecule has 3 fully saturated rings. The predicted molar refractivity (Wildman–Crippen MR) is 105 cm³/mol. The Hall–Kier alpha value is -1.61. The van der Waals surface area contributed by atoms with Crippen LogP contribution in [0.3, 0.4) is 0 Å². The van der Waals surface area contributed by atoms with E-state index in [4.69, 9.17) is 4.98 Å². The van der Waals surface area contributed by atoms with Crippen LogP contribution in [0.2, 0.25) is 0 Å². The molecule has 0 N–H and O–H groups in total. The second-order valence-electron chi connectivity index (χ2n) is 8.83. The Labute approximate surface area is 175 Å². The Morgan fingerprint density at radius 2 is 1.67 bits per heavy atom. The molecular formula is C21H31F3N4O2. The zero-order valence-electron chi connectivity index (χ0n) is 17.4. The molecule has 6 nitrogen and oxygen atoms in total. The number of alkyl halides is 3. The molecule has 0 radical (unpaired) electrons. The second kappa shape index (κ2) is 9.26. The fraction of sp³-hybridized carbons (Fsp3) is 0.810. The normalized spacial score (nSPS) is 22.8. The smallest absolute Gasteiger partial charge is 0.361 e. The van der Waals surface area contributed by atoms with E-state index in [0.29, 0.717) is 31.8 Å². The number of nitrogens with zero attached hydrogens (tertiary/aromatic N) is 4. The van der Waals surface area contributed by atoms with Gasteiger partial charge in [0, 0.05) is 44.2 Å². The molecule has 2 saturated heterocycles. The Morgan fingerprint density at radius 3 is 2.27 bits per heavy atom. The maximum Gasteiger partial charge on any atom is 0.492 e. The van der Waals surface area contributed by atoms with Crippen molar-refractivity contribution in [1.29, 1.82) is 0 Å². The summed E-state index contributed by atoms with van der Waals surface area (Å²) in [6, 6.07) is 0. The Kier molecular flexibility index (Phi) is 6.67. The summed E-state index contributed by atoms with van der Waals surface area (Å²) < 4.78 is 39.6. The first kappa shape index (κ1) is 21.6. The second-order valence-corrected chi connectivity index (χ2v) is 8.83. The molecule has 0 spiro atoms. The van der Waals surface area contributed by atoms with E-state index in [-0.39, 0.29) is 5.92 Å². The van der Waals surface area contributed by atoms with Crippen molar-refractivity contribution in [3.8, 4) is 0 Å². The Balaban J connectivity index is 1.41. The van der Waals surface area contributed by atoms with E-state index in [1.807, 2.05) is 0 Å². The van der Waals surface area contributed by atoms with Crippen molar-refractivity contribution in [2.24, 2.45) is 0 Å². The van der Waals surface area contributed by atoms with Crippen molar-refractivity contribution < 1.29 is 22.8 Å². The number of likely N-dealkylation sites (tertiary alicyclic amines) is 1. The van der Waals surface area contributed by atoms with Gasteiger partial charge in [0.2, 0.25) is 0 Å². The van der Waals surface area contributed by atoms with Gasteiger partial charge in [-0.2, -0.15) is 13.2 Å². The first-order chi connectivity index (χ1) is 14.4. The van der Waals surface area contributed by atoms with Gasteiger partial charge in [0.15, 0.2) is 0 Å². The summed E-state index contributed by atoms with van der Waals surface area (Å²) in [5.41, 5.74) is 1.18. The molecule has 1 aromatic rings. The number of aromatic nitrogens is 2. The van der Waals surface area contributed by atoms with Crippen LogP contribution in [0.1, 0.15) is 74.7 Å². The van der Waals surface area contributed by atoms with Crippen molar-refractivity contribution in [2.75, 3.05) is 32.7 Å². The average molecular weight is 428 g/mol. The fourth-order valence-electron chi connectivity index (χ4n) is 4.78. The highest BCUT2D eigenvalue weighted by Crippen LogP contribution is 2.35. The van der Waals surface area contributed by atoms with Gasteiger partial charge in [-0.15, -0.1) is 5.06 Å². The quantitative estimate of drug-likeness (QED) is 0.689. The zero-order chi connectivity index (χ0) is 21.1. The van der Waals surface area contributed by atoms with Gasteiger partial charge in [-0.05, 0) is 45.2 Å². The minimum atomic E-state index is -4.96. The predicted octanol–water partition coefficient (Wildman–Crippen LogP) is 3.84. The average Bonchev–Trinajstić information content (AvgIpc) is 3.11. The molecule has 168 valence electrons. The van der Waals surface area contributed by atoms with Gasteiger partial charge in [-0.1, -0.05) is 19.3 Å². The number of piperidine rings is 1. The third-order valence-electron chi connectivity index (χ3n) is 6.72. The van der Waals surface area contributed by atoms with Crippen LogP contribution in [0.15, 0.2) is 6.20 Å². The first-order valence-electron chi connectivity index (χ1n) is 11.2. The maximum atomic E-state index is 12.4. The number of hydrogen-bond donors (Lipinski definition) is 0. The molecule has 0 aromatic carbocycles. The van der Waals surface area contributed by atoms with Gasteiger partial charge in [0.1, 0.15) is 5.82 Å². The van der Waals surface area contributed by atoms with Crippen LogP contribution in [-0.4, -0.2) is 64.4 Å². The molecular weight excluding hydrogens is 397 g/mol. The lowest BCUT2D eigenvalue weighted by atomic mass is 9.87. The van der Waals surface area contributed by atoms with E-state index in [2.05, 4.69) is 20.5 Å². The van der Waals surface area contributed by atoms with E-state index >= 15 is 0 Å². The summed E-state index contributed by atoms with van der Waals surface area (Å²) in [6.07, 6.45) is 5.98. The van der Waals surface area contributed by atoms with Crippen LogP contribution < -0.4 is 0 Å². The highest BCUT2D eigenvalue weighted by Gasteiger charge is 2.43. The zero-order valence-corrected chi connectivity index (χ0v) is 17.4. The molecule has 0 amide bonds. The SMILES string of the molecule is O=C(ON1CCC(c2nc(C3CCCCC3)cn2CCN2CCC2)CC1)C(F)(F)F. The van der Waals surface area contributed by atoms with Crippen molar-refractivity contribution in [3.63, 3.8) is 0 Å². The van der Waals surface area contributed by atoms with Crippen molar-refractivity contribution in [3.05, 3.63) is 17.7 Å². The van der Waals surface area contributed by atoms with E-state index in [9.17, 15) is 18.0 Å². The lowest BCUT2D eigenvalue weighted by Crippen LogP contribution is -2.40. The van der Waals surface area contributed by atoms with Crippen molar-refractivity contribution >= 4 is 5.97 Å². The minimum absolute atomic E-state index is 0.180. The number of carbonyl (C=O) groups is 1. The third-order valence-corrected chi connectivity index (χ3v) is 6.72. The molecule has 0 atom stereocenters. The molecule has 0 unspecified atom stereocenters. The number of halogens is 3. The summed E-state index contributed by atoms with van der Waals surface area (Å²) in [5.74, 6) is -0.385. The molecule has 4 rings (SSSR count). The third kappa shape index (κ3) is 5.17. The summed E-state index contributed by atoms with van der Waals surface area (Å²) >= 11 is 0. The van der Waals surface area contributed by atoms with Gasteiger partial charge < -0.3 is 14.3 Å². The largest absolute Gasteiger partial charge is 0.492 e. The minimum Gasteiger partial charge on any atom is -0.361 e. The Bertz CT molecular complexity index is 718. The lowest BCUT2D eigenvalue weighted by molar-refractivity contribution is -0.241. The first-order valence-corrected chi connectivity index (χ1v) is 11.2. The number of rotatable bonds is 6. The Morgan fingerprint density at radius 1 is 0.967 bits per heavy atom. The van der Waals surface area contributed by atoms with E-state index < -0.39 is 12.1 Å². The highest BCUT2D eigenvalue weighted by molar-refractivity contribution is 5.75. The molecule has 3 aliphatic rings. The molecule has 3 heterocycles. The molecule has 1 aliphatic carbocycles. The van der Waals surface area contributed by atoms with Gasteiger partial charge >= 0.3 is 12.1 Å². The molecule has 0 bridgehead atoms. The number of carbonyl (C=O) groups excluding carboxylic acids is 1. The topological polar surface area (TPSA) is 50.6 Å². The molecule has 1 saturated carbocycles. The van der Waals surface area contributed by atoms with Crippen LogP contribution in [0, 0.1) is 0 Å². The van der Waals surface area contributed by atoms with E-state index in [1.54, 1.807) is 0 Å². The van der Waals surface area contributed by atoms with Gasteiger partial charge in [0.05, 0.1) is 5.69 Å². The van der Waals surface area contributed by atoms with Gasteiger partial charge in [-0.3, -0.25) is 0 Å². The summed E-state index contributed by atoms with van der Waals surface area (Å²) in [5, 5.41) is 1.14. The van der Waals surface area contributed by atoms with Crippen LogP contribution in [-0.2, 0) is 16.2 Å². The highest BCUT2D eigenvalue weighted by atomic mass is 19.4. The molecule has 30 heavy (non-hydrogen) atoms. The van der Waals surface area contributed by atoms with Crippen molar-refractivity contribution in [2.45, 2.75) is 75.9 Å². The summed E-state index contributed by atoms with van der Waals surface area (Å²) in [6.45, 7) is 4.81.